The second-order valence-corrected chi connectivity index (χ2v) is 8.71. The molecule has 0 atom stereocenters. The zero-order chi connectivity index (χ0) is 24.4. The minimum absolute atomic E-state index is 0.203. The molecular weight excluding hydrogens is 472 g/mol. The van der Waals surface area contributed by atoms with Crippen LogP contribution in [0.25, 0.3) is 16.5 Å². The SMILES string of the molecule is O=C1c2ccc3c4c(ccc(c24)C(=O)N1N=Cc1c(O)n(-c2cccc(Cl)c2)c(=O)[nH]c1=O)CC3. The van der Waals surface area contributed by atoms with Crippen LogP contribution in [-0.4, -0.2) is 37.7 Å². The first kappa shape index (κ1) is 21.1. The lowest BCUT2D eigenvalue weighted by Gasteiger charge is -2.23. The minimum Gasteiger partial charge on any atom is -0.493 e. The number of aryl methyl sites for hydroxylation is 2. The Bertz CT molecular complexity index is 1710. The summed E-state index contributed by atoms with van der Waals surface area (Å²) in [7, 11) is 0. The van der Waals surface area contributed by atoms with E-state index < -0.39 is 34.5 Å². The normalized spacial score (nSPS) is 14.5. The van der Waals surface area contributed by atoms with E-state index in [1.54, 1.807) is 24.3 Å². The predicted molar refractivity (Wildman–Crippen MR) is 129 cm³/mol. The summed E-state index contributed by atoms with van der Waals surface area (Å²) in [6.07, 6.45) is 2.59. The first-order chi connectivity index (χ1) is 16.8. The molecule has 1 aromatic heterocycles. The van der Waals surface area contributed by atoms with E-state index in [0.717, 1.165) is 40.1 Å². The number of amides is 2. The fraction of sp³-hybridized carbons (Fsp3) is 0.0800. The first-order valence-electron chi connectivity index (χ1n) is 10.7. The fourth-order valence-electron chi connectivity index (χ4n) is 4.74. The summed E-state index contributed by atoms with van der Waals surface area (Å²) >= 11 is 5.99. The van der Waals surface area contributed by atoms with Crippen molar-refractivity contribution in [3.63, 3.8) is 0 Å². The van der Waals surface area contributed by atoms with Gasteiger partial charge in [-0.1, -0.05) is 29.8 Å². The van der Waals surface area contributed by atoms with Gasteiger partial charge in [-0.2, -0.15) is 10.1 Å². The van der Waals surface area contributed by atoms with E-state index in [0.29, 0.717) is 26.5 Å². The number of halogens is 1. The van der Waals surface area contributed by atoms with Crippen molar-refractivity contribution in [1.29, 1.82) is 0 Å². The largest absolute Gasteiger partial charge is 0.493 e. The van der Waals surface area contributed by atoms with Gasteiger partial charge < -0.3 is 5.11 Å². The van der Waals surface area contributed by atoms with E-state index >= 15 is 0 Å². The summed E-state index contributed by atoms with van der Waals surface area (Å²) in [6, 6.07) is 13.2. The molecule has 0 bridgehead atoms. The summed E-state index contributed by atoms with van der Waals surface area (Å²) in [5, 5.41) is 17.2. The fourth-order valence-corrected chi connectivity index (χ4v) is 4.92. The van der Waals surface area contributed by atoms with Crippen LogP contribution in [0.2, 0.25) is 5.02 Å². The molecule has 4 aromatic rings. The molecule has 2 heterocycles. The molecule has 35 heavy (non-hydrogen) atoms. The van der Waals surface area contributed by atoms with Crippen LogP contribution in [0.5, 0.6) is 5.88 Å². The van der Waals surface area contributed by atoms with E-state index in [1.165, 1.54) is 12.1 Å². The Balaban J connectivity index is 1.46. The third kappa shape index (κ3) is 3.05. The van der Waals surface area contributed by atoms with Gasteiger partial charge in [-0.25, -0.2) is 9.36 Å². The lowest BCUT2D eigenvalue weighted by Crippen LogP contribution is -2.37. The van der Waals surface area contributed by atoms with Crippen LogP contribution in [0.1, 0.15) is 37.4 Å². The number of aromatic amines is 1. The van der Waals surface area contributed by atoms with Gasteiger partial charge in [0.2, 0.25) is 5.88 Å². The minimum atomic E-state index is -0.936. The molecule has 1 aliphatic heterocycles. The van der Waals surface area contributed by atoms with Crippen LogP contribution in [0.15, 0.2) is 63.2 Å². The van der Waals surface area contributed by atoms with Gasteiger partial charge in [0, 0.05) is 10.4 Å². The molecule has 10 heteroatoms. The van der Waals surface area contributed by atoms with E-state index in [-0.39, 0.29) is 5.69 Å². The number of imide groups is 1. The van der Waals surface area contributed by atoms with Crippen molar-refractivity contribution in [1.82, 2.24) is 14.6 Å². The molecule has 0 spiro atoms. The van der Waals surface area contributed by atoms with Crippen LogP contribution < -0.4 is 11.2 Å². The molecule has 2 aliphatic rings. The molecule has 2 N–H and O–H groups in total. The Morgan fingerprint density at radius 2 is 1.57 bits per heavy atom. The molecule has 9 nitrogen and oxygen atoms in total. The van der Waals surface area contributed by atoms with Gasteiger partial charge in [0.25, 0.3) is 17.4 Å². The Morgan fingerprint density at radius 3 is 2.20 bits per heavy atom. The van der Waals surface area contributed by atoms with Crippen molar-refractivity contribution in [3.05, 3.63) is 102 Å². The lowest BCUT2D eigenvalue weighted by molar-refractivity contribution is 0.0616. The van der Waals surface area contributed by atoms with E-state index in [9.17, 15) is 24.3 Å². The molecule has 0 saturated heterocycles. The van der Waals surface area contributed by atoms with Crippen LogP contribution in [0.3, 0.4) is 0 Å². The predicted octanol–water partition coefficient (Wildman–Crippen LogP) is 2.77. The number of nitrogens with zero attached hydrogens (tertiary/aromatic N) is 3. The number of benzene rings is 3. The zero-order valence-electron chi connectivity index (χ0n) is 17.9. The van der Waals surface area contributed by atoms with Gasteiger partial charge in [0.05, 0.1) is 23.0 Å². The van der Waals surface area contributed by atoms with Crippen molar-refractivity contribution in [2.75, 3.05) is 0 Å². The van der Waals surface area contributed by atoms with Crippen LogP contribution in [-0.2, 0) is 12.8 Å². The van der Waals surface area contributed by atoms with Gasteiger partial charge in [0.15, 0.2) is 0 Å². The summed E-state index contributed by atoms with van der Waals surface area (Å²) in [5.74, 6) is -2.01. The van der Waals surface area contributed by atoms with E-state index in [4.69, 9.17) is 11.6 Å². The number of rotatable bonds is 3. The molecule has 3 aromatic carbocycles. The standard InChI is InChI=1S/C25H15ClN4O5/c26-14-2-1-3-15(10-14)29-22(32)18(21(31)28-25(29)35)11-27-30-23(33)16-8-6-12-4-5-13-7-9-17(24(30)34)20(16)19(12)13/h1-3,6-11,32H,4-5H2,(H,28,31,35). The Morgan fingerprint density at radius 1 is 0.914 bits per heavy atom. The average molecular weight is 487 g/mol. The van der Waals surface area contributed by atoms with Gasteiger partial charge >= 0.3 is 5.69 Å². The number of carbonyl (C=O) groups excluding carboxylic acids is 2. The molecule has 1 aliphatic carbocycles. The number of nitrogens with one attached hydrogen (secondary N) is 1. The monoisotopic (exact) mass is 486 g/mol. The van der Waals surface area contributed by atoms with Crippen LogP contribution in [0, 0.1) is 0 Å². The number of aromatic nitrogens is 2. The molecule has 2 amide bonds. The third-order valence-electron chi connectivity index (χ3n) is 6.33. The average Bonchev–Trinajstić information content (AvgIpc) is 3.25. The van der Waals surface area contributed by atoms with Gasteiger partial charge in [0.1, 0.15) is 5.56 Å². The number of aromatic hydroxyl groups is 1. The summed E-state index contributed by atoms with van der Waals surface area (Å²) in [6.45, 7) is 0. The number of hydrazone groups is 1. The van der Waals surface area contributed by atoms with Crippen LogP contribution >= 0.6 is 11.6 Å². The van der Waals surface area contributed by atoms with Gasteiger partial charge in [-0.3, -0.25) is 19.4 Å². The van der Waals surface area contributed by atoms with Crippen molar-refractivity contribution in [2.24, 2.45) is 5.10 Å². The topological polar surface area (TPSA) is 125 Å². The quantitative estimate of drug-likeness (QED) is 0.340. The van der Waals surface area contributed by atoms with E-state index in [2.05, 4.69) is 10.1 Å². The van der Waals surface area contributed by atoms with Crippen molar-refractivity contribution < 1.29 is 14.7 Å². The Kier molecular flexibility index (Phi) is 4.52. The molecule has 0 radical (unpaired) electrons. The number of hydrogen-bond donors (Lipinski definition) is 2. The first-order valence-corrected chi connectivity index (χ1v) is 11.1. The summed E-state index contributed by atoms with van der Waals surface area (Å²) in [4.78, 5) is 53.3. The van der Waals surface area contributed by atoms with Crippen molar-refractivity contribution in [2.45, 2.75) is 12.8 Å². The molecule has 0 saturated carbocycles. The molecular formula is C25H15ClN4O5. The van der Waals surface area contributed by atoms with E-state index in [1.807, 2.05) is 12.1 Å². The number of hydrogen-bond acceptors (Lipinski definition) is 6. The van der Waals surface area contributed by atoms with Crippen molar-refractivity contribution >= 4 is 40.4 Å². The maximum Gasteiger partial charge on any atom is 0.335 e. The summed E-state index contributed by atoms with van der Waals surface area (Å²) in [5.41, 5.74) is 0.820. The second kappa shape index (κ2) is 7.51. The molecule has 172 valence electrons. The Hall–Kier alpha value is -4.50. The van der Waals surface area contributed by atoms with Crippen molar-refractivity contribution in [3.8, 4) is 11.6 Å². The van der Waals surface area contributed by atoms with Gasteiger partial charge in [-0.15, -0.1) is 0 Å². The molecule has 0 fully saturated rings. The summed E-state index contributed by atoms with van der Waals surface area (Å²) < 4.78 is 0.836. The second-order valence-electron chi connectivity index (χ2n) is 8.27. The number of carbonyl (C=O) groups is 2. The highest BCUT2D eigenvalue weighted by atomic mass is 35.5. The van der Waals surface area contributed by atoms with Gasteiger partial charge in [-0.05, 0) is 59.7 Å². The highest BCUT2D eigenvalue weighted by molar-refractivity contribution is 6.30. The lowest BCUT2D eigenvalue weighted by atomic mass is 9.92. The highest BCUT2D eigenvalue weighted by Gasteiger charge is 2.35. The maximum absolute atomic E-state index is 13.2. The zero-order valence-corrected chi connectivity index (χ0v) is 18.7. The Labute approximate surface area is 201 Å². The smallest absolute Gasteiger partial charge is 0.335 e. The number of H-pyrrole nitrogens is 1. The highest BCUT2D eigenvalue weighted by Crippen LogP contribution is 2.38. The van der Waals surface area contributed by atoms with Crippen LogP contribution in [0.4, 0.5) is 0 Å². The third-order valence-corrected chi connectivity index (χ3v) is 6.57. The molecule has 0 unspecified atom stereocenters. The maximum atomic E-state index is 13.2. The molecule has 6 rings (SSSR count).